The zero-order valence-corrected chi connectivity index (χ0v) is 10.3. The van der Waals surface area contributed by atoms with Crippen LogP contribution in [0.3, 0.4) is 0 Å². The largest absolute Gasteiger partial charge is 0.507 e. The maximum absolute atomic E-state index is 13.2. The predicted octanol–water partition coefficient (Wildman–Crippen LogP) is 1.01. The van der Waals surface area contributed by atoms with Crippen molar-refractivity contribution in [3.63, 3.8) is 0 Å². The van der Waals surface area contributed by atoms with E-state index in [0.717, 1.165) is 31.0 Å². The van der Waals surface area contributed by atoms with Gasteiger partial charge in [-0.2, -0.15) is 0 Å². The summed E-state index contributed by atoms with van der Waals surface area (Å²) in [5.41, 5.74) is 5.13. The first-order valence-corrected chi connectivity index (χ1v) is 6.09. The van der Waals surface area contributed by atoms with Crippen molar-refractivity contribution in [1.82, 2.24) is 4.90 Å². The summed E-state index contributed by atoms with van der Waals surface area (Å²) in [5.74, 6) is -2.07. The number of primary amides is 1. The minimum absolute atomic E-state index is 0.145. The number of nitrogens with zero attached hydrogens (tertiary/aromatic N) is 1. The van der Waals surface area contributed by atoms with Crippen molar-refractivity contribution in [2.45, 2.75) is 25.3 Å². The van der Waals surface area contributed by atoms with Crippen molar-refractivity contribution in [3.05, 3.63) is 29.6 Å². The van der Waals surface area contributed by atoms with E-state index in [1.165, 1.54) is 4.90 Å². The minimum atomic E-state index is -0.691. The van der Waals surface area contributed by atoms with Gasteiger partial charge in [-0.05, 0) is 37.5 Å². The van der Waals surface area contributed by atoms with Gasteiger partial charge in [0.1, 0.15) is 17.6 Å². The number of amides is 2. The first-order valence-electron chi connectivity index (χ1n) is 6.09. The van der Waals surface area contributed by atoms with E-state index in [1.807, 2.05) is 0 Å². The number of benzene rings is 1. The molecule has 1 aliphatic rings. The molecule has 1 aliphatic heterocycles. The van der Waals surface area contributed by atoms with Crippen molar-refractivity contribution in [1.29, 1.82) is 0 Å². The lowest BCUT2D eigenvalue weighted by molar-refractivity contribution is -0.123. The fourth-order valence-corrected chi connectivity index (χ4v) is 2.30. The Hall–Kier alpha value is -2.11. The molecule has 2 amide bonds. The van der Waals surface area contributed by atoms with E-state index in [4.69, 9.17) is 5.73 Å². The third-order valence-corrected chi connectivity index (χ3v) is 3.28. The van der Waals surface area contributed by atoms with E-state index in [-0.39, 0.29) is 11.3 Å². The van der Waals surface area contributed by atoms with Gasteiger partial charge in [-0.25, -0.2) is 4.39 Å². The topological polar surface area (TPSA) is 83.6 Å². The quantitative estimate of drug-likeness (QED) is 0.838. The van der Waals surface area contributed by atoms with E-state index >= 15 is 0 Å². The van der Waals surface area contributed by atoms with Gasteiger partial charge in [0.25, 0.3) is 5.91 Å². The first-order chi connectivity index (χ1) is 9.00. The Bertz CT molecular complexity index is 519. The smallest absolute Gasteiger partial charge is 0.258 e. The van der Waals surface area contributed by atoms with Gasteiger partial charge in [-0.3, -0.25) is 9.59 Å². The average Bonchev–Trinajstić information content (AvgIpc) is 2.40. The molecule has 0 spiro atoms. The number of aromatic hydroxyl groups is 1. The number of likely N-dealkylation sites (tertiary alicyclic amines) is 1. The number of rotatable bonds is 2. The SMILES string of the molecule is NC(=O)C1CCCCN1C(=O)c1cc(F)ccc1O. The second-order valence-electron chi connectivity index (χ2n) is 4.57. The molecule has 2 rings (SSSR count). The number of phenols is 1. The number of nitrogens with two attached hydrogens (primary N) is 1. The molecule has 1 atom stereocenters. The fraction of sp³-hybridized carbons (Fsp3) is 0.385. The fourth-order valence-electron chi connectivity index (χ4n) is 2.30. The summed E-state index contributed by atoms with van der Waals surface area (Å²) in [5, 5.41) is 9.63. The Kier molecular flexibility index (Phi) is 3.69. The molecular weight excluding hydrogens is 251 g/mol. The highest BCUT2D eigenvalue weighted by molar-refractivity contribution is 5.99. The van der Waals surface area contributed by atoms with E-state index in [9.17, 15) is 19.1 Å². The van der Waals surface area contributed by atoms with Crippen molar-refractivity contribution in [3.8, 4) is 5.75 Å². The molecule has 1 aromatic carbocycles. The maximum Gasteiger partial charge on any atom is 0.258 e. The molecule has 19 heavy (non-hydrogen) atoms. The van der Waals surface area contributed by atoms with Crippen LogP contribution in [0.5, 0.6) is 5.75 Å². The molecule has 1 fully saturated rings. The van der Waals surface area contributed by atoms with Crippen molar-refractivity contribution < 1.29 is 19.1 Å². The molecular formula is C13H15FN2O3. The molecule has 0 aliphatic carbocycles. The predicted molar refractivity (Wildman–Crippen MR) is 65.9 cm³/mol. The van der Waals surface area contributed by atoms with Gasteiger partial charge in [0.2, 0.25) is 5.91 Å². The van der Waals surface area contributed by atoms with Crippen LogP contribution in [0.4, 0.5) is 4.39 Å². The molecule has 0 bridgehead atoms. The Labute approximate surface area is 109 Å². The normalized spacial score (nSPS) is 19.2. The summed E-state index contributed by atoms with van der Waals surface area (Å²) >= 11 is 0. The summed E-state index contributed by atoms with van der Waals surface area (Å²) in [6.45, 7) is 0.377. The molecule has 5 nitrogen and oxygen atoms in total. The molecule has 1 unspecified atom stereocenters. The van der Waals surface area contributed by atoms with Crippen molar-refractivity contribution in [2.75, 3.05) is 6.54 Å². The number of carbonyl (C=O) groups excluding carboxylic acids is 2. The van der Waals surface area contributed by atoms with Gasteiger partial charge in [-0.1, -0.05) is 0 Å². The number of hydrogen-bond donors (Lipinski definition) is 2. The molecule has 1 saturated heterocycles. The van der Waals surface area contributed by atoms with E-state index in [0.29, 0.717) is 13.0 Å². The Morgan fingerprint density at radius 1 is 1.37 bits per heavy atom. The van der Waals surface area contributed by atoms with Crippen LogP contribution in [0.25, 0.3) is 0 Å². The van der Waals surface area contributed by atoms with Crippen LogP contribution in [0.2, 0.25) is 0 Å². The van der Waals surface area contributed by atoms with Gasteiger partial charge < -0.3 is 15.7 Å². The third kappa shape index (κ3) is 2.67. The maximum atomic E-state index is 13.2. The summed E-state index contributed by atoms with van der Waals surface area (Å²) in [7, 11) is 0. The lowest BCUT2D eigenvalue weighted by atomic mass is 10.00. The molecule has 102 valence electrons. The van der Waals surface area contributed by atoms with E-state index in [2.05, 4.69) is 0 Å². The van der Waals surface area contributed by atoms with Crippen LogP contribution in [0.1, 0.15) is 29.6 Å². The van der Waals surface area contributed by atoms with E-state index < -0.39 is 23.7 Å². The molecule has 0 radical (unpaired) electrons. The Balaban J connectivity index is 2.31. The van der Waals surface area contributed by atoms with Gasteiger partial charge in [-0.15, -0.1) is 0 Å². The van der Waals surface area contributed by atoms with Crippen LogP contribution < -0.4 is 5.73 Å². The molecule has 1 aromatic rings. The summed E-state index contributed by atoms with van der Waals surface area (Å²) < 4.78 is 13.2. The van der Waals surface area contributed by atoms with Crippen molar-refractivity contribution >= 4 is 11.8 Å². The van der Waals surface area contributed by atoms with E-state index in [1.54, 1.807) is 0 Å². The molecule has 6 heteroatoms. The zero-order valence-electron chi connectivity index (χ0n) is 10.3. The highest BCUT2D eigenvalue weighted by Crippen LogP contribution is 2.24. The lowest BCUT2D eigenvalue weighted by Crippen LogP contribution is -2.50. The highest BCUT2D eigenvalue weighted by Gasteiger charge is 2.32. The average molecular weight is 266 g/mol. The Morgan fingerprint density at radius 2 is 2.11 bits per heavy atom. The third-order valence-electron chi connectivity index (χ3n) is 3.28. The van der Waals surface area contributed by atoms with Gasteiger partial charge in [0.05, 0.1) is 5.56 Å². The summed E-state index contributed by atoms with van der Waals surface area (Å²) in [4.78, 5) is 24.9. The molecule has 3 N–H and O–H groups in total. The van der Waals surface area contributed by atoms with Crippen molar-refractivity contribution in [2.24, 2.45) is 5.73 Å². The first kappa shape index (κ1) is 13.3. The Morgan fingerprint density at radius 3 is 2.79 bits per heavy atom. The second-order valence-corrected chi connectivity index (χ2v) is 4.57. The monoisotopic (exact) mass is 266 g/mol. The van der Waals surface area contributed by atoms with Gasteiger partial charge in [0.15, 0.2) is 0 Å². The molecule has 0 saturated carbocycles. The van der Waals surface area contributed by atoms with Crippen LogP contribution in [-0.2, 0) is 4.79 Å². The highest BCUT2D eigenvalue weighted by atomic mass is 19.1. The molecule has 0 aromatic heterocycles. The van der Waals surface area contributed by atoms with Gasteiger partial charge >= 0.3 is 0 Å². The standard InChI is InChI=1S/C13H15FN2O3/c14-8-4-5-11(17)9(7-8)13(19)16-6-2-1-3-10(16)12(15)18/h4-5,7,10,17H,1-3,6H2,(H2,15,18). The van der Waals surface area contributed by atoms with Crippen LogP contribution in [0.15, 0.2) is 18.2 Å². The number of carbonyl (C=O) groups is 2. The molecule has 1 heterocycles. The number of phenolic OH excluding ortho intramolecular Hbond substituents is 1. The van der Waals surface area contributed by atoms with Crippen LogP contribution in [0, 0.1) is 5.82 Å². The van der Waals surface area contributed by atoms with Crippen LogP contribution >= 0.6 is 0 Å². The minimum Gasteiger partial charge on any atom is -0.507 e. The van der Waals surface area contributed by atoms with Gasteiger partial charge in [0, 0.05) is 6.54 Å². The summed E-state index contributed by atoms with van der Waals surface area (Å²) in [6.07, 6.45) is 2.06. The number of piperidine rings is 1. The zero-order chi connectivity index (χ0) is 14.0. The number of hydrogen-bond acceptors (Lipinski definition) is 3. The summed E-state index contributed by atoms with van der Waals surface area (Å²) in [6, 6.07) is 2.45. The second kappa shape index (κ2) is 5.26. The number of halogens is 1. The van der Waals surface area contributed by atoms with Crippen LogP contribution in [-0.4, -0.2) is 34.4 Å². The lowest BCUT2D eigenvalue weighted by Gasteiger charge is -2.33.